The summed E-state index contributed by atoms with van der Waals surface area (Å²) in [6, 6.07) is 13.8. The van der Waals surface area contributed by atoms with E-state index < -0.39 is 0 Å². The third-order valence-electron chi connectivity index (χ3n) is 3.61. The van der Waals surface area contributed by atoms with Crippen molar-refractivity contribution in [2.24, 2.45) is 0 Å². The molecule has 1 unspecified atom stereocenters. The summed E-state index contributed by atoms with van der Waals surface area (Å²) >= 11 is 12.1. The van der Waals surface area contributed by atoms with Crippen molar-refractivity contribution in [1.29, 1.82) is 0 Å². The van der Waals surface area contributed by atoms with Gasteiger partial charge in [-0.1, -0.05) is 47.5 Å². The van der Waals surface area contributed by atoms with Gasteiger partial charge in [0.05, 0.1) is 16.1 Å². The highest BCUT2D eigenvalue weighted by atomic mass is 35.5. The van der Waals surface area contributed by atoms with Crippen molar-refractivity contribution in [1.82, 2.24) is 5.32 Å². The molecule has 0 saturated heterocycles. The molecule has 4 heteroatoms. The monoisotopic (exact) mass is 319 g/mol. The summed E-state index contributed by atoms with van der Waals surface area (Å²) < 4.78 is 6.04. The van der Waals surface area contributed by atoms with Gasteiger partial charge in [0.25, 0.3) is 0 Å². The molecule has 1 atom stereocenters. The van der Waals surface area contributed by atoms with Gasteiger partial charge in [-0.15, -0.1) is 0 Å². The summed E-state index contributed by atoms with van der Waals surface area (Å²) in [4.78, 5) is 0. The van der Waals surface area contributed by atoms with E-state index in [1.165, 1.54) is 0 Å². The van der Waals surface area contributed by atoms with Gasteiger partial charge in [0, 0.05) is 5.39 Å². The molecule has 0 saturated carbocycles. The molecule has 0 aliphatic carbocycles. The van der Waals surface area contributed by atoms with E-state index in [9.17, 15) is 0 Å². The van der Waals surface area contributed by atoms with Crippen molar-refractivity contribution in [3.63, 3.8) is 0 Å². The second kappa shape index (κ2) is 5.72. The van der Waals surface area contributed by atoms with Gasteiger partial charge in [0.1, 0.15) is 11.3 Å². The Balaban J connectivity index is 2.09. The van der Waals surface area contributed by atoms with Crippen molar-refractivity contribution in [3.8, 4) is 0 Å². The van der Waals surface area contributed by atoms with Crippen LogP contribution in [-0.4, -0.2) is 7.05 Å². The van der Waals surface area contributed by atoms with E-state index in [1.807, 2.05) is 38.2 Å². The Morgan fingerprint density at radius 2 is 1.86 bits per heavy atom. The minimum absolute atomic E-state index is 0.0634. The molecule has 3 aromatic rings. The number of halogens is 2. The number of benzene rings is 2. The number of nitrogens with one attached hydrogen (secondary N) is 1. The molecular weight excluding hydrogens is 305 g/mol. The molecule has 1 aromatic heterocycles. The predicted octanol–water partition coefficient (Wildman–Crippen LogP) is 5.36. The van der Waals surface area contributed by atoms with Crippen LogP contribution in [0, 0.1) is 6.92 Å². The van der Waals surface area contributed by atoms with Crippen LogP contribution in [0.1, 0.15) is 22.9 Å². The summed E-state index contributed by atoms with van der Waals surface area (Å²) in [5.41, 5.74) is 3.07. The third kappa shape index (κ3) is 2.67. The Morgan fingerprint density at radius 1 is 1.05 bits per heavy atom. The Bertz CT molecular complexity index is 795. The van der Waals surface area contributed by atoms with Crippen LogP contribution < -0.4 is 5.32 Å². The summed E-state index contributed by atoms with van der Waals surface area (Å²) in [5.74, 6) is 0.861. The molecule has 1 heterocycles. The van der Waals surface area contributed by atoms with E-state index >= 15 is 0 Å². The number of fused-ring (bicyclic) bond motifs is 1. The maximum atomic E-state index is 6.12. The number of aryl methyl sites for hydroxylation is 1. The average Bonchev–Trinajstić information content (AvgIpc) is 2.89. The van der Waals surface area contributed by atoms with Crippen molar-refractivity contribution >= 4 is 34.2 Å². The van der Waals surface area contributed by atoms with Crippen LogP contribution in [0.5, 0.6) is 0 Å². The van der Waals surface area contributed by atoms with Crippen molar-refractivity contribution < 1.29 is 4.42 Å². The number of hydrogen-bond acceptors (Lipinski definition) is 2. The first-order chi connectivity index (χ1) is 10.1. The lowest BCUT2D eigenvalue weighted by Crippen LogP contribution is -2.16. The Morgan fingerprint density at radius 3 is 2.52 bits per heavy atom. The van der Waals surface area contributed by atoms with E-state index in [2.05, 4.69) is 17.4 Å². The molecule has 2 aromatic carbocycles. The van der Waals surface area contributed by atoms with Gasteiger partial charge in [-0.2, -0.15) is 0 Å². The third-order valence-corrected chi connectivity index (χ3v) is 4.35. The fourth-order valence-electron chi connectivity index (χ4n) is 2.54. The maximum absolute atomic E-state index is 6.12. The van der Waals surface area contributed by atoms with Crippen molar-refractivity contribution in [2.75, 3.05) is 7.05 Å². The molecule has 0 amide bonds. The van der Waals surface area contributed by atoms with Crippen molar-refractivity contribution in [3.05, 3.63) is 69.4 Å². The van der Waals surface area contributed by atoms with Crippen LogP contribution in [0.3, 0.4) is 0 Å². The minimum Gasteiger partial charge on any atom is -0.459 e. The molecule has 3 rings (SSSR count). The molecule has 0 spiro atoms. The highest BCUT2D eigenvalue weighted by Crippen LogP contribution is 2.32. The Labute approximate surface area is 133 Å². The fourth-order valence-corrected chi connectivity index (χ4v) is 2.84. The molecular formula is C17H15Cl2NO. The van der Waals surface area contributed by atoms with Gasteiger partial charge in [-0.05, 0) is 43.3 Å². The average molecular weight is 320 g/mol. The topological polar surface area (TPSA) is 25.2 Å². The first kappa shape index (κ1) is 14.5. The maximum Gasteiger partial charge on any atom is 0.137 e. The highest BCUT2D eigenvalue weighted by Gasteiger charge is 2.18. The quantitative estimate of drug-likeness (QED) is 0.703. The van der Waals surface area contributed by atoms with E-state index in [4.69, 9.17) is 27.6 Å². The van der Waals surface area contributed by atoms with Gasteiger partial charge in [-0.25, -0.2) is 0 Å². The lowest BCUT2D eigenvalue weighted by Gasteiger charge is -2.14. The van der Waals surface area contributed by atoms with Crippen LogP contribution in [-0.2, 0) is 0 Å². The minimum atomic E-state index is -0.0634. The van der Waals surface area contributed by atoms with Gasteiger partial charge in [0.15, 0.2) is 0 Å². The van der Waals surface area contributed by atoms with Gasteiger partial charge >= 0.3 is 0 Å². The van der Waals surface area contributed by atoms with E-state index in [0.29, 0.717) is 10.0 Å². The zero-order valence-electron chi connectivity index (χ0n) is 11.8. The van der Waals surface area contributed by atoms with Crippen LogP contribution in [0.15, 0.2) is 46.9 Å². The first-order valence-electron chi connectivity index (χ1n) is 6.71. The van der Waals surface area contributed by atoms with E-state index in [0.717, 1.165) is 27.9 Å². The zero-order chi connectivity index (χ0) is 15.0. The van der Waals surface area contributed by atoms with Crippen LogP contribution in [0.2, 0.25) is 10.0 Å². The Kier molecular flexibility index (Phi) is 3.94. The lowest BCUT2D eigenvalue weighted by molar-refractivity contribution is 0.490. The SMILES string of the molecule is CNC(c1ccc(Cl)c(Cl)c1)c1cc2cccc(C)c2o1. The van der Waals surface area contributed by atoms with Gasteiger partial charge in [0.2, 0.25) is 0 Å². The number of para-hydroxylation sites is 1. The van der Waals surface area contributed by atoms with Crippen LogP contribution >= 0.6 is 23.2 Å². The number of furan rings is 1. The molecule has 1 N–H and O–H groups in total. The van der Waals surface area contributed by atoms with E-state index in [-0.39, 0.29) is 6.04 Å². The van der Waals surface area contributed by atoms with Gasteiger partial charge < -0.3 is 9.73 Å². The summed E-state index contributed by atoms with van der Waals surface area (Å²) in [6.07, 6.45) is 0. The summed E-state index contributed by atoms with van der Waals surface area (Å²) in [7, 11) is 1.90. The van der Waals surface area contributed by atoms with Crippen LogP contribution in [0.25, 0.3) is 11.0 Å². The smallest absolute Gasteiger partial charge is 0.137 e. The standard InChI is InChI=1S/C17H15Cl2NO/c1-10-4-3-5-12-9-15(21-17(10)12)16(20-2)11-6-7-13(18)14(19)8-11/h3-9,16,20H,1-2H3. The molecule has 108 valence electrons. The fraction of sp³-hybridized carbons (Fsp3) is 0.176. The zero-order valence-corrected chi connectivity index (χ0v) is 13.3. The largest absolute Gasteiger partial charge is 0.459 e. The summed E-state index contributed by atoms with van der Waals surface area (Å²) in [6.45, 7) is 2.04. The first-order valence-corrected chi connectivity index (χ1v) is 7.47. The van der Waals surface area contributed by atoms with Crippen LogP contribution in [0.4, 0.5) is 0 Å². The number of rotatable bonds is 3. The highest BCUT2D eigenvalue weighted by molar-refractivity contribution is 6.42. The Hall–Kier alpha value is -1.48. The number of hydrogen-bond donors (Lipinski definition) is 1. The molecule has 0 fully saturated rings. The van der Waals surface area contributed by atoms with E-state index in [1.54, 1.807) is 6.07 Å². The lowest BCUT2D eigenvalue weighted by atomic mass is 10.0. The normalized spacial score (nSPS) is 12.8. The molecule has 2 nitrogen and oxygen atoms in total. The molecule has 0 aliphatic heterocycles. The summed E-state index contributed by atoms with van der Waals surface area (Å²) in [5, 5.41) is 5.46. The molecule has 21 heavy (non-hydrogen) atoms. The second-order valence-electron chi connectivity index (χ2n) is 5.04. The predicted molar refractivity (Wildman–Crippen MR) is 88.3 cm³/mol. The molecule has 0 aliphatic rings. The van der Waals surface area contributed by atoms with Crippen molar-refractivity contribution in [2.45, 2.75) is 13.0 Å². The molecule has 0 bridgehead atoms. The second-order valence-corrected chi connectivity index (χ2v) is 5.85. The molecule has 0 radical (unpaired) electrons. The van der Waals surface area contributed by atoms with Gasteiger partial charge in [-0.3, -0.25) is 0 Å².